The van der Waals surface area contributed by atoms with Crippen molar-refractivity contribution in [2.45, 2.75) is 26.4 Å². The van der Waals surface area contributed by atoms with Gasteiger partial charge in [-0.2, -0.15) is 5.10 Å². The van der Waals surface area contributed by atoms with E-state index in [1.807, 2.05) is 0 Å². The molecular formula is C13H16N4O3. The second kappa shape index (κ2) is 5.20. The lowest BCUT2D eigenvalue weighted by molar-refractivity contribution is 0.0483. The molecule has 7 nitrogen and oxygen atoms in total. The van der Waals surface area contributed by atoms with E-state index in [0.717, 1.165) is 10.9 Å². The third-order valence-electron chi connectivity index (χ3n) is 2.38. The first kappa shape index (κ1) is 13.9. The molecule has 0 aliphatic carbocycles. The van der Waals surface area contributed by atoms with Crippen molar-refractivity contribution in [1.29, 1.82) is 0 Å². The van der Waals surface area contributed by atoms with E-state index in [4.69, 9.17) is 4.74 Å². The van der Waals surface area contributed by atoms with Crippen LogP contribution in [0.4, 0.5) is 4.79 Å². The summed E-state index contributed by atoms with van der Waals surface area (Å²) in [6.45, 7) is 5.21. The van der Waals surface area contributed by atoms with Crippen LogP contribution in [-0.4, -0.2) is 27.8 Å². The summed E-state index contributed by atoms with van der Waals surface area (Å²) >= 11 is 0. The highest BCUT2D eigenvalue weighted by Gasteiger charge is 2.16. The van der Waals surface area contributed by atoms with Gasteiger partial charge in [0.25, 0.3) is 5.91 Å². The van der Waals surface area contributed by atoms with Crippen LogP contribution in [-0.2, 0) is 4.74 Å². The number of nitrogens with one attached hydrogen (secondary N) is 3. The SMILES string of the molecule is CC(C)(C)OC(=O)NNC(=O)c1ccc2[nH]ncc2c1. The molecule has 1 heterocycles. The Morgan fingerprint density at radius 2 is 2.00 bits per heavy atom. The number of hydrogen-bond acceptors (Lipinski definition) is 4. The zero-order valence-electron chi connectivity index (χ0n) is 11.5. The van der Waals surface area contributed by atoms with Crippen molar-refractivity contribution in [3.63, 3.8) is 0 Å². The largest absolute Gasteiger partial charge is 0.443 e. The van der Waals surface area contributed by atoms with E-state index in [1.165, 1.54) is 0 Å². The number of benzene rings is 1. The molecule has 3 N–H and O–H groups in total. The maximum atomic E-state index is 11.9. The molecule has 2 rings (SSSR count). The number of rotatable bonds is 1. The number of H-pyrrole nitrogens is 1. The molecular weight excluding hydrogens is 260 g/mol. The predicted octanol–water partition coefficient (Wildman–Crippen LogP) is 1.73. The monoisotopic (exact) mass is 276 g/mol. The third kappa shape index (κ3) is 3.47. The van der Waals surface area contributed by atoms with E-state index in [9.17, 15) is 9.59 Å². The van der Waals surface area contributed by atoms with Crippen molar-refractivity contribution < 1.29 is 14.3 Å². The lowest BCUT2D eigenvalue weighted by Gasteiger charge is -2.19. The van der Waals surface area contributed by atoms with Gasteiger partial charge in [-0.3, -0.25) is 15.3 Å². The fourth-order valence-electron chi connectivity index (χ4n) is 1.57. The molecule has 0 aliphatic rings. The number of aromatic amines is 1. The Kier molecular flexibility index (Phi) is 3.60. The maximum Gasteiger partial charge on any atom is 0.426 e. The summed E-state index contributed by atoms with van der Waals surface area (Å²) in [7, 11) is 0. The molecule has 0 saturated heterocycles. The molecule has 7 heteroatoms. The number of fused-ring (bicyclic) bond motifs is 1. The van der Waals surface area contributed by atoms with Gasteiger partial charge in [0.1, 0.15) is 5.60 Å². The normalized spacial score (nSPS) is 11.2. The molecule has 0 atom stereocenters. The molecule has 2 amide bonds. The molecule has 0 radical (unpaired) electrons. The van der Waals surface area contributed by atoms with Crippen molar-refractivity contribution in [1.82, 2.24) is 21.0 Å². The lowest BCUT2D eigenvalue weighted by atomic mass is 10.1. The number of nitrogens with zero attached hydrogens (tertiary/aromatic N) is 1. The lowest BCUT2D eigenvalue weighted by Crippen LogP contribution is -2.44. The van der Waals surface area contributed by atoms with Crippen LogP contribution in [0.5, 0.6) is 0 Å². The molecule has 0 bridgehead atoms. The first-order valence-electron chi connectivity index (χ1n) is 6.08. The van der Waals surface area contributed by atoms with Gasteiger partial charge in [0.05, 0.1) is 11.7 Å². The molecule has 106 valence electrons. The first-order valence-corrected chi connectivity index (χ1v) is 6.08. The Morgan fingerprint density at radius 3 is 2.70 bits per heavy atom. The fourth-order valence-corrected chi connectivity index (χ4v) is 1.57. The number of hydrogen-bond donors (Lipinski definition) is 3. The van der Waals surface area contributed by atoms with Gasteiger partial charge < -0.3 is 4.74 Å². The summed E-state index contributed by atoms with van der Waals surface area (Å²) in [5, 5.41) is 7.47. The Morgan fingerprint density at radius 1 is 1.25 bits per heavy atom. The molecule has 0 unspecified atom stereocenters. The molecule has 0 aliphatic heterocycles. The van der Waals surface area contributed by atoms with Gasteiger partial charge in [-0.05, 0) is 39.0 Å². The van der Waals surface area contributed by atoms with Crippen molar-refractivity contribution in [3.05, 3.63) is 30.0 Å². The summed E-state index contributed by atoms with van der Waals surface area (Å²) < 4.78 is 5.00. The number of aromatic nitrogens is 2. The van der Waals surface area contributed by atoms with E-state index >= 15 is 0 Å². The topological polar surface area (TPSA) is 96.1 Å². The molecule has 2 aromatic rings. The second-order valence-electron chi connectivity index (χ2n) is 5.25. The Bertz CT molecular complexity index is 642. The Hall–Kier alpha value is -2.57. The van der Waals surface area contributed by atoms with Gasteiger partial charge in [-0.25, -0.2) is 10.2 Å². The number of hydrazine groups is 1. The van der Waals surface area contributed by atoms with Crippen LogP contribution in [0.1, 0.15) is 31.1 Å². The standard InChI is InChI=1S/C13H16N4O3/c1-13(2,3)20-12(19)17-16-11(18)8-4-5-10-9(6-8)7-14-15-10/h4-7H,1-3H3,(H,14,15)(H,16,18)(H,17,19). The van der Waals surface area contributed by atoms with Crippen LogP contribution in [0.15, 0.2) is 24.4 Å². The summed E-state index contributed by atoms with van der Waals surface area (Å²) in [5.41, 5.74) is 5.11. The number of carbonyl (C=O) groups excluding carboxylic acids is 2. The minimum atomic E-state index is -0.713. The first-order chi connectivity index (χ1) is 9.35. The van der Waals surface area contributed by atoms with Crippen molar-refractivity contribution in [2.75, 3.05) is 0 Å². The van der Waals surface area contributed by atoms with Gasteiger partial charge in [0.2, 0.25) is 0 Å². The molecule has 1 aromatic carbocycles. The second-order valence-corrected chi connectivity index (χ2v) is 5.25. The summed E-state index contributed by atoms with van der Waals surface area (Å²) in [6, 6.07) is 5.04. The van der Waals surface area contributed by atoms with E-state index < -0.39 is 17.6 Å². The van der Waals surface area contributed by atoms with E-state index in [0.29, 0.717) is 5.56 Å². The quantitative estimate of drug-likeness (QED) is 0.691. The highest BCUT2D eigenvalue weighted by molar-refractivity contribution is 5.98. The molecule has 0 fully saturated rings. The van der Waals surface area contributed by atoms with Gasteiger partial charge in [-0.15, -0.1) is 0 Å². The Labute approximate surface area is 115 Å². The smallest absolute Gasteiger partial charge is 0.426 e. The Balaban J connectivity index is 1.96. The van der Waals surface area contributed by atoms with Crippen molar-refractivity contribution >= 4 is 22.9 Å². The van der Waals surface area contributed by atoms with Gasteiger partial charge in [0, 0.05) is 10.9 Å². The number of amides is 2. The zero-order valence-corrected chi connectivity index (χ0v) is 11.5. The van der Waals surface area contributed by atoms with Gasteiger partial charge in [0.15, 0.2) is 0 Å². The van der Waals surface area contributed by atoms with E-state index in [2.05, 4.69) is 21.0 Å². The van der Waals surface area contributed by atoms with E-state index in [-0.39, 0.29) is 0 Å². The summed E-state index contributed by atoms with van der Waals surface area (Å²) in [5.74, 6) is -0.432. The molecule has 1 aromatic heterocycles. The van der Waals surface area contributed by atoms with Gasteiger partial charge >= 0.3 is 6.09 Å². The summed E-state index contributed by atoms with van der Waals surface area (Å²) in [4.78, 5) is 23.3. The van der Waals surface area contributed by atoms with Crippen LogP contribution in [0.3, 0.4) is 0 Å². The van der Waals surface area contributed by atoms with Crippen LogP contribution >= 0.6 is 0 Å². The van der Waals surface area contributed by atoms with Crippen LogP contribution < -0.4 is 10.9 Å². The minimum absolute atomic E-state index is 0.412. The van der Waals surface area contributed by atoms with Crippen molar-refractivity contribution in [3.8, 4) is 0 Å². The fraction of sp³-hybridized carbons (Fsp3) is 0.308. The maximum absolute atomic E-state index is 11.9. The van der Waals surface area contributed by atoms with E-state index in [1.54, 1.807) is 45.2 Å². The van der Waals surface area contributed by atoms with Gasteiger partial charge in [-0.1, -0.05) is 0 Å². The minimum Gasteiger partial charge on any atom is -0.443 e. The molecule has 0 saturated carbocycles. The average Bonchev–Trinajstić information content (AvgIpc) is 2.80. The van der Waals surface area contributed by atoms with Crippen LogP contribution in [0.2, 0.25) is 0 Å². The number of ether oxygens (including phenoxy) is 1. The molecule has 0 spiro atoms. The van der Waals surface area contributed by atoms with Crippen molar-refractivity contribution in [2.24, 2.45) is 0 Å². The third-order valence-corrected chi connectivity index (χ3v) is 2.38. The summed E-state index contributed by atoms with van der Waals surface area (Å²) in [6.07, 6.45) is 0.906. The highest BCUT2D eigenvalue weighted by Crippen LogP contribution is 2.12. The highest BCUT2D eigenvalue weighted by atomic mass is 16.6. The van der Waals surface area contributed by atoms with Crippen LogP contribution in [0, 0.1) is 0 Å². The predicted molar refractivity (Wildman–Crippen MR) is 72.9 cm³/mol. The number of carbonyl (C=O) groups is 2. The molecule has 20 heavy (non-hydrogen) atoms. The zero-order chi connectivity index (χ0) is 14.8. The van der Waals surface area contributed by atoms with Crippen LogP contribution in [0.25, 0.3) is 10.9 Å². The average molecular weight is 276 g/mol.